The standard InChI is InChI=1S/C24H21NO3/c1-27-19-13-14-20-21(15-19)25(16-17-9-5-3-6-10-17)22(24(28-2)23(20)26)18-11-7-4-8-12-18/h3-15H,16H2,1-2H3. The van der Waals surface area contributed by atoms with Crippen molar-refractivity contribution >= 4 is 10.9 Å². The minimum absolute atomic E-state index is 0.122. The molecule has 4 aromatic rings. The molecule has 0 aliphatic rings. The van der Waals surface area contributed by atoms with Gasteiger partial charge >= 0.3 is 0 Å². The van der Waals surface area contributed by atoms with Crippen LogP contribution < -0.4 is 14.9 Å². The first-order valence-corrected chi connectivity index (χ1v) is 9.11. The Balaban J connectivity index is 2.11. The molecule has 0 bridgehead atoms. The summed E-state index contributed by atoms with van der Waals surface area (Å²) in [5, 5.41) is 0.605. The summed E-state index contributed by atoms with van der Waals surface area (Å²) in [6.07, 6.45) is 0. The second-order valence-electron chi connectivity index (χ2n) is 6.53. The molecule has 4 heteroatoms. The Morgan fingerprint density at radius 3 is 2.14 bits per heavy atom. The number of benzene rings is 3. The Morgan fingerprint density at radius 1 is 0.821 bits per heavy atom. The van der Waals surface area contributed by atoms with Gasteiger partial charge < -0.3 is 14.0 Å². The summed E-state index contributed by atoms with van der Waals surface area (Å²) >= 11 is 0. The Labute approximate surface area is 163 Å². The monoisotopic (exact) mass is 371 g/mol. The van der Waals surface area contributed by atoms with Gasteiger partial charge in [0.1, 0.15) is 5.75 Å². The summed E-state index contributed by atoms with van der Waals surface area (Å²) in [6, 6.07) is 25.5. The van der Waals surface area contributed by atoms with Gasteiger partial charge in [0.05, 0.1) is 25.4 Å². The fourth-order valence-corrected chi connectivity index (χ4v) is 3.53. The van der Waals surface area contributed by atoms with Gasteiger partial charge in [0, 0.05) is 23.6 Å². The molecule has 3 aromatic carbocycles. The average Bonchev–Trinajstić information content (AvgIpc) is 2.76. The minimum Gasteiger partial charge on any atom is -0.497 e. The van der Waals surface area contributed by atoms with E-state index in [0.29, 0.717) is 23.4 Å². The van der Waals surface area contributed by atoms with Crippen LogP contribution in [0.15, 0.2) is 83.7 Å². The fraction of sp³-hybridized carbons (Fsp3) is 0.125. The molecular formula is C24H21NO3. The second-order valence-corrected chi connectivity index (χ2v) is 6.53. The molecule has 0 aliphatic carbocycles. The molecule has 0 atom stereocenters. The molecule has 0 unspecified atom stereocenters. The predicted molar refractivity (Wildman–Crippen MR) is 112 cm³/mol. The molecule has 4 nitrogen and oxygen atoms in total. The highest BCUT2D eigenvalue weighted by atomic mass is 16.5. The van der Waals surface area contributed by atoms with Gasteiger partial charge in [-0.25, -0.2) is 0 Å². The number of hydrogen-bond donors (Lipinski definition) is 0. The Hall–Kier alpha value is -3.53. The van der Waals surface area contributed by atoms with Gasteiger partial charge in [-0.3, -0.25) is 4.79 Å². The third kappa shape index (κ3) is 3.14. The molecule has 140 valence electrons. The molecule has 0 saturated carbocycles. The summed E-state index contributed by atoms with van der Waals surface area (Å²) in [5.41, 5.74) is 3.51. The maximum atomic E-state index is 13.2. The van der Waals surface area contributed by atoms with Crippen LogP contribution in [0.4, 0.5) is 0 Å². The van der Waals surface area contributed by atoms with Crippen LogP contribution in [0.5, 0.6) is 11.5 Å². The van der Waals surface area contributed by atoms with Gasteiger partial charge in [0.25, 0.3) is 0 Å². The zero-order valence-corrected chi connectivity index (χ0v) is 15.9. The highest BCUT2D eigenvalue weighted by Crippen LogP contribution is 2.33. The van der Waals surface area contributed by atoms with E-state index in [4.69, 9.17) is 9.47 Å². The van der Waals surface area contributed by atoms with Crippen LogP contribution in [0.25, 0.3) is 22.2 Å². The fourth-order valence-electron chi connectivity index (χ4n) is 3.53. The van der Waals surface area contributed by atoms with Crippen molar-refractivity contribution in [2.45, 2.75) is 6.54 Å². The largest absolute Gasteiger partial charge is 0.497 e. The Morgan fingerprint density at radius 2 is 1.50 bits per heavy atom. The number of nitrogens with zero attached hydrogens (tertiary/aromatic N) is 1. The molecule has 0 fully saturated rings. The second kappa shape index (κ2) is 7.61. The van der Waals surface area contributed by atoms with Crippen LogP contribution in [0, 0.1) is 0 Å². The summed E-state index contributed by atoms with van der Waals surface area (Å²) in [6.45, 7) is 0.603. The van der Waals surface area contributed by atoms with E-state index < -0.39 is 0 Å². The number of fused-ring (bicyclic) bond motifs is 1. The highest BCUT2D eigenvalue weighted by molar-refractivity contribution is 5.87. The van der Waals surface area contributed by atoms with E-state index in [9.17, 15) is 4.79 Å². The Bertz CT molecular complexity index is 1170. The Kier molecular flexibility index (Phi) is 4.85. The summed E-state index contributed by atoms with van der Waals surface area (Å²) in [5.74, 6) is 1.05. The van der Waals surface area contributed by atoms with Crippen molar-refractivity contribution in [3.05, 3.63) is 94.6 Å². The minimum atomic E-state index is -0.122. The maximum absolute atomic E-state index is 13.2. The smallest absolute Gasteiger partial charge is 0.231 e. The highest BCUT2D eigenvalue weighted by Gasteiger charge is 2.20. The lowest BCUT2D eigenvalue weighted by molar-refractivity contribution is 0.409. The van der Waals surface area contributed by atoms with Crippen LogP contribution in [-0.2, 0) is 6.54 Å². The summed E-state index contributed by atoms with van der Waals surface area (Å²) < 4.78 is 13.2. The zero-order chi connectivity index (χ0) is 19.5. The van der Waals surface area contributed by atoms with Gasteiger partial charge in [-0.2, -0.15) is 0 Å². The van der Waals surface area contributed by atoms with Crippen molar-refractivity contribution < 1.29 is 9.47 Å². The molecule has 0 aliphatic heterocycles. The zero-order valence-electron chi connectivity index (χ0n) is 15.9. The molecule has 1 aromatic heterocycles. The molecule has 28 heavy (non-hydrogen) atoms. The molecule has 1 heterocycles. The van der Waals surface area contributed by atoms with E-state index in [2.05, 4.69) is 16.7 Å². The van der Waals surface area contributed by atoms with Crippen molar-refractivity contribution in [2.24, 2.45) is 0 Å². The van der Waals surface area contributed by atoms with E-state index in [1.54, 1.807) is 26.4 Å². The van der Waals surface area contributed by atoms with Crippen molar-refractivity contribution in [2.75, 3.05) is 14.2 Å². The SMILES string of the molecule is COc1ccc2c(=O)c(OC)c(-c3ccccc3)n(Cc3ccccc3)c2c1. The molecule has 0 amide bonds. The normalized spacial score (nSPS) is 10.8. The van der Waals surface area contributed by atoms with Gasteiger partial charge in [-0.15, -0.1) is 0 Å². The van der Waals surface area contributed by atoms with E-state index in [1.807, 2.05) is 54.6 Å². The van der Waals surface area contributed by atoms with Crippen molar-refractivity contribution in [3.63, 3.8) is 0 Å². The van der Waals surface area contributed by atoms with Crippen LogP contribution in [0.3, 0.4) is 0 Å². The third-order valence-corrected chi connectivity index (χ3v) is 4.87. The quantitative estimate of drug-likeness (QED) is 0.509. The first-order chi connectivity index (χ1) is 13.7. The van der Waals surface area contributed by atoms with Gasteiger partial charge in [0.2, 0.25) is 5.43 Å². The predicted octanol–water partition coefficient (Wildman–Crippen LogP) is 4.73. The number of aromatic nitrogens is 1. The average molecular weight is 371 g/mol. The van der Waals surface area contributed by atoms with E-state index in [-0.39, 0.29) is 5.43 Å². The van der Waals surface area contributed by atoms with Gasteiger partial charge in [-0.05, 0) is 17.7 Å². The van der Waals surface area contributed by atoms with Crippen molar-refractivity contribution in [1.29, 1.82) is 0 Å². The maximum Gasteiger partial charge on any atom is 0.231 e. The molecule has 0 spiro atoms. The topological polar surface area (TPSA) is 40.5 Å². The number of ether oxygens (including phenoxy) is 2. The number of pyridine rings is 1. The molecular weight excluding hydrogens is 350 g/mol. The lowest BCUT2D eigenvalue weighted by Crippen LogP contribution is -2.16. The molecule has 0 saturated heterocycles. The van der Waals surface area contributed by atoms with Crippen molar-refractivity contribution in [3.8, 4) is 22.8 Å². The van der Waals surface area contributed by atoms with Gasteiger partial charge in [-0.1, -0.05) is 60.7 Å². The summed E-state index contributed by atoms with van der Waals surface area (Å²) in [7, 11) is 3.17. The number of rotatable bonds is 5. The van der Waals surface area contributed by atoms with E-state index in [1.165, 1.54) is 0 Å². The molecule has 4 rings (SSSR count). The number of hydrogen-bond acceptors (Lipinski definition) is 3. The van der Waals surface area contributed by atoms with Crippen molar-refractivity contribution in [1.82, 2.24) is 4.57 Å². The number of methoxy groups -OCH3 is 2. The third-order valence-electron chi connectivity index (χ3n) is 4.87. The lowest BCUT2D eigenvalue weighted by Gasteiger charge is -2.20. The molecule has 0 N–H and O–H groups in total. The first kappa shape index (κ1) is 17.9. The van der Waals surface area contributed by atoms with Crippen LogP contribution in [0.2, 0.25) is 0 Å². The van der Waals surface area contributed by atoms with E-state index in [0.717, 1.165) is 22.3 Å². The van der Waals surface area contributed by atoms with Crippen LogP contribution >= 0.6 is 0 Å². The summed E-state index contributed by atoms with van der Waals surface area (Å²) in [4.78, 5) is 13.2. The van der Waals surface area contributed by atoms with Crippen LogP contribution in [-0.4, -0.2) is 18.8 Å². The van der Waals surface area contributed by atoms with Gasteiger partial charge in [0.15, 0.2) is 5.75 Å². The molecule has 0 radical (unpaired) electrons. The van der Waals surface area contributed by atoms with E-state index >= 15 is 0 Å². The lowest BCUT2D eigenvalue weighted by atomic mass is 10.1. The first-order valence-electron chi connectivity index (χ1n) is 9.11. The van der Waals surface area contributed by atoms with Crippen LogP contribution in [0.1, 0.15) is 5.56 Å².